The highest BCUT2D eigenvalue weighted by atomic mass is 32.2. The van der Waals surface area contributed by atoms with Gasteiger partial charge in [-0.1, -0.05) is 49.7 Å². The Morgan fingerprint density at radius 2 is 2.11 bits per heavy atom. The van der Waals surface area contributed by atoms with Crippen molar-refractivity contribution < 1.29 is 0 Å². The van der Waals surface area contributed by atoms with Gasteiger partial charge in [-0.3, -0.25) is 0 Å². The van der Waals surface area contributed by atoms with Gasteiger partial charge in [0, 0.05) is 5.75 Å². The predicted molar refractivity (Wildman–Crippen MR) is 78.8 cm³/mol. The van der Waals surface area contributed by atoms with Crippen molar-refractivity contribution in [3.63, 3.8) is 0 Å². The van der Waals surface area contributed by atoms with Crippen LogP contribution in [0.25, 0.3) is 5.69 Å². The Labute approximate surface area is 118 Å². The highest BCUT2D eigenvalue weighted by Gasteiger charge is 2.12. The van der Waals surface area contributed by atoms with Crippen LogP contribution in [0.15, 0.2) is 23.4 Å². The zero-order chi connectivity index (χ0) is 13.8. The van der Waals surface area contributed by atoms with Crippen LogP contribution in [0.5, 0.6) is 0 Å². The summed E-state index contributed by atoms with van der Waals surface area (Å²) in [5.74, 6) is 1.72. The normalized spacial score (nSPS) is 12.6. The lowest BCUT2D eigenvalue weighted by molar-refractivity contribution is 0.635. The Balaban J connectivity index is 2.23. The van der Waals surface area contributed by atoms with Gasteiger partial charge in [0.15, 0.2) is 0 Å². The zero-order valence-electron chi connectivity index (χ0n) is 11.9. The smallest absolute Gasteiger partial charge is 0.187 e. The molecule has 0 aliphatic heterocycles. The number of tetrazole rings is 1. The molecule has 19 heavy (non-hydrogen) atoms. The second-order valence-electron chi connectivity index (χ2n) is 4.99. The molecule has 0 N–H and O–H groups in total. The number of hydrogen-bond donors (Lipinski definition) is 0. The average Bonchev–Trinajstić information content (AvgIpc) is 2.84. The Hall–Kier alpha value is -1.36. The molecule has 1 aromatic heterocycles. The molecule has 0 saturated heterocycles. The molecule has 0 aliphatic carbocycles. The van der Waals surface area contributed by atoms with Gasteiger partial charge in [-0.2, -0.15) is 4.68 Å². The number of thioether (sulfide) groups is 1. The van der Waals surface area contributed by atoms with Gasteiger partial charge in [0.2, 0.25) is 5.16 Å². The standard InChI is InChI=1S/C14H20N4S/c1-5-10(2)9-19-14-15-16-17-18(14)13-7-6-11(3)8-12(13)4/h6-8,10H,5,9H2,1-4H3/t10-/m0/s1. The zero-order valence-corrected chi connectivity index (χ0v) is 12.7. The van der Waals surface area contributed by atoms with Crippen molar-refractivity contribution in [3.05, 3.63) is 29.3 Å². The molecule has 2 rings (SSSR count). The average molecular weight is 276 g/mol. The van der Waals surface area contributed by atoms with E-state index in [0.29, 0.717) is 5.92 Å². The van der Waals surface area contributed by atoms with Crippen molar-refractivity contribution in [2.75, 3.05) is 5.75 Å². The van der Waals surface area contributed by atoms with E-state index in [1.165, 1.54) is 17.5 Å². The lowest BCUT2D eigenvalue weighted by Gasteiger charge is -2.10. The molecule has 102 valence electrons. The first-order valence-corrected chi connectivity index (χ1v) is 7.59. The summed E-state index contributed by atoms with van der Waals surface area (Å²) in [4.78, 5) is 0. The van der Waals surface area contributed by atoms with E-state index in [1.54, 1.807) is 11.8 Å². The van der Waals surface area contributed by atoms with Crippen LogP contribution in [-0.4, -0.2) is 26.0 Å². The molecule has 0 radical (unpaired) electrons. The van der Waals surface area contributed by atoms with E-state index >= 15 is 0 Å². The van der Waals surface area contributed by atoms with E-state index in [0.717, 1.165) is 16.6 Å². The topological polar surface area (TPSA) is 43.6 Å². The predicted octanol–water partition coefficient (Wildman–Crippen LogP) is 3.42. The van der Waals surface area contributed by atoms with Crippen LogP contribution in [0.2, 0.25) is 0 Å². The van der Waals surface area contributed by atoms with E-state index in [2.05, 4.69) is 61.4 Å². The van der Waals surface area contributed by atoms with Gasteiger partial charge in [0.25, 0.3) is 0 Å². The van der Waals surface area contributed by atoms with Crippen LogP contribution in [0.4, 0.5) is 0 Å². The van der Waals surface area contributed by atoms with E-state index in [1.807, 2.05) is 4.68 Å². The van der Waals surface area contributed by atoms with Crippen LogP contribution < -0.4 is 0 Å². The van der Waals surface area contributed by atoms with Crippen LogP contribution in [0, 0.1) is 19.8 Å². The molecule has 0 fully saturated rings. The maximum absolute atomic E-state index is 4.13. The molecule has 1 atom stereocenters. The summed E-state index contributed by atoms with van der Waals surface area (Å²) in [5.41, 5.74) is 3.50. The van der Waals surface area contributed by atoms with Gasteiger partial charge in [0.1, 0.15) is 0 Å². The summed E-state index contributed by atoms with van der Waals surface area (Å²) >= 11 is 1.72. The Morgan fingerprint density at radius 3 is 2.79 bits per heavy atom. The first-order chi connectivity index (χ1) is 9.11. The number of benzene rings is 1. The SMILES string of the molecule is CC[C@H](C)CSc1nnnn1-c1ccc(C)cc1C. The lowest BCUT2D eigenvalue weighted by atomic mass is 10.1. The number of aromatic nitrogens is 4. The third-order valence-corrected chi connectivity index (χ3v) is 4.46. The van der Waals surface area contributed by atoms with Gasteiger partial charge in [-0.25, -0.2) is 0 Å². The van der Waals surface area contributed by atoms with E-state index in [-0.39, 0.29) is 0 Å². The fourth-order valence-corrected chi connectivity index (χ4v) is 2.82. The molecule has 0 bridgehead atoms. The molecule has 0 spiro atoms. The van der Waals surface area contributed by atoms with Crippen molar-refractivity contribution in [2.45, 2.75) is 39.3 Å². The van der Waals surface area contributed by atoms with Gasteiger partial charge in [0.05, 0.1) is 5.69 Å². The monoisotopic (exact) mass is 276 g/mol. The van der Waals surface area contributed by atoms with Crippen molar-refractivity contribution in [3.8, 4) is 5.69 Å². The van der Waals surface area contributed by atoms with Gasteiger partial charge in [-0.15, -0.1) is 5.10 Å². The summed E-state index contributed by atoms with van der Waals surface area (Å²) in [6.45, 7) is 8.64. The molecule has 5 heteroatoms. The minimum Gasteiger partial charge on any atom is -0.187 e. The molecule has 1 heterocycles. The highest BCUT2D eigenvalue weighted by Crippen LogP contribution is 2.23. The molecular formula is C14H20N4S. The van der Waals surface area contributed by atoms with Crippen LogP contribution in [0.3, 0.4) is 0 Å². The third kappa shape index (κ3) is 3.35. The minimum atomic E-state index is 0.675. The molecular weight excluding hydrogens is 256 g/mol. The molecule has 0 amide bonds. The summed E-state index contributed by atoms with van der Waals surface area (Å²) in [5, 5.41) is 12.9. The number of nitrogens with zero attached hydrogens (tertiary/aromatic N) is 4. The molecule has 0 unspecified atom stereocenters. The van der Waals surface area contributed by atoms with E-state index in [4.69, 9.17) is 0 Å². The maximum atomic E-state index is 4.13. The van der Waals surface area contributed by atoms with Crippen molar-refractivity contribution in [1.29, 1.82) is 0 Å². The molecule has 4 nitrogen and oxygen atoms in total. The number of hydrogen-bond acceptors (Lipinski definition) is 4. The Kier molecular flexibility index (Phi) is 4.58. The number of rotatable bonds is 5. The van der Waals surface area contributed by atoms with Crippen molar-refractivity contribution >= 4 is 11.8 Å². The van der Waals surface area contributed by atoms with Crippen molar-refractivity contribution in [2.24, 2.45) is 5.92 Å². The second-order valence-corrected chi connectivity index (χ2v) is 5.97. The molecule has 0 aliphatic rings. The first kappa shape index (κ1) is 14.1. The molecule has 0 saturated carbocycles. The van der Waals surface area contributed by atoms with Crippen LogP contribution >= 0.6 is 11.8 Å². The van der Waals surface area contributed by atoms with Gasteiger partial charge in [-0.05, 0) is 41.8 Å². The third-order valence-electron chi connectivity index (χ3n) is 3.22. The van der Waals surface area contributed by atoms with Crippen LogP contribution in [0.1, 0.15) is 31.4 Å². The maximum Gasteiger partial charge on any atom is 0.214 e. The molecule has 2 aromatic rings. The van der Waals surface area contributed by atoms with Gasteiger partial charge < -0.3 is 0 Å². The summed E-state index contributed by atoms with van der Waals surface area (Å²) < 4.78 is 1.84. The van der Waals surface area contributed by atoms with E-state index < -0.39 is 0 Å². The quantitative estimate of drug-likeness (QED) is 0.785. The fraction of sp³-hybridized carbons (Fsp3) is 0.500. The van der Waals surface area contributed by atoms with E-state index in [9.17, 15) is 0 Å². The lowest BCUT2D eigenvalue weighted by Crippen LogP contribution is -2.03. The summed E-state index contributed by atoms with van der Waals surface area (Å²) in [6.07, 6.45) is 1.18. The van der Waals surface area contributed by atoms with Crippen molar-refractivity contribution in [1.82, 2.24) is 20.2 Å². The van der Waals surface area contributed by atoms with Gasteiger partial charge >= 0.3 is 0 Å². The summed E-state index contributed by atoms with van der Waals surface area (Å²) in [6, 6.07) is 6.32. The molecule has 1 aromatic carbocycles. The Morgan fingerprint density at radius 1 is 1.32 bits per heavy atom. The minimum absolute atomic E-state index is 0.675. The first-order valence-electron chi connectivity index (χ1n) is 6.60. The number of aryl methyl sites for hydroxylation is 2. The largest absolute Gasteiger partial charge is 0.214 e. The van der Waals surface area contributed by atoms with Crippen LogP contribution in [-0.2, 0) is 0 Å². The second kappa shape index (κ2) is 6.19. The Bertz CT molecular complexity index is 550. The highest BCUT2D eigenvalue weighted by molar-refractivity contribution is 7.99. The fourth-order valence-electron chi connectivity index (χ4n) is 1.80. The summed E-state index contributed by atoms with van der Waals surface area (Å²) in [7, 11) is 0.